The molecule has 0 saturated carbocycles. The van der Waals surface area contributed by atoms with Crippen LogP contribution in [0.5, 0.6) is 0 Å². The van der Waals surface area contributed by atoms with Gasteiger partial charge in [-0.15, -0.1) is 0 Å². The molecule has 1 fully saturated rings. The average Bonchev–Trinajstić information content (AvgIpc) is 2.85. The standard InChI is InChI=1S/C12H17ClN2O2S/c1-9-10(8-14)6-11(13)7-12(9)18(16,17)15-4-2-3-5-15/h6-7H,2-5,8,14H2,1H3. The fraction of sp³-hybridized carbons (Fsp3) is 0.500. The molecular formula is C12H17ClN2O2S. The van der Waals surface area contributed by atoms with Crippen LogP contribution in [0.4, 0.5) is 0 Å². The third-order valence-corrected chi connectivity index (χ3v) is 5.58. The molecule has 1 saturated heterocycles. The van der Waals surface area contributed by atoms with Crippen molar-refractivity contribution in [1.82, 2.24) is 4.31 Å². The Balaban J connectivity index is 2.53. The minimum absolute atomic E-state index is 0.287. The van der Waals surface area contributed by atoms with Gasteiger partial charge < -0.3 is 5.73 Å². The molecule has 0 amide bonds. The highest BCUT2D eigenvalue weighted by Crippen LogP contribution is 2.28. The smallest absolute Gasteiger partial charge is 0.243 e. The van der Waals surface area contributed by atoms with Gasteiger partial charge in [0.15, 0.2) is 0 Å². The largest absolute Gasteiger partial charge is 0.326 e. The van der Waals surface area contributed by atoms with Gasteiger partial charge in [0.1, 0.15) is 0 Å². The molecule has 0 aromatic heterocycles. The second kappa shape index (κ2) is 5.17. The molecule has 4 nitrogen and oxygen atoms in total. The molecule has 2 N–H and O–H groups in total. The number of hydrogen-bond acceptors (Lipinski definition) is 3. The van der Waals surface area contributed by atoms with Gasteiger partial charge in [-0.3, -0.25) is 0 Å². The molecule has 18 heavy (non-hydrogen) atoms. The van der Waals surface area contributed by atoms with E-state index >= 15 is 0 Å². The van der Waals surface area contributed by atoms with E-state index in [4.69, 9.17) is 17.3 Å². The van der Waals surface area contributed by atoms with Gasteiger partial charge in [-0.25, -0.2) is 8.42 Å². The van der Waals surface area contributed by atoms with Gasteiger partial charge in [0.05, 0.1) is 4.90 Å². The van der Waals surface area contributed by atoms with E-state index in [1.807, 2.05) is 0 Å². The number of halogens is 1. The Morgan fingerprint density at radius 3 is 2.50 bits per heavy atom. The molecule has 100 valence electrons. The van der Waals surface area contributed by atoms with E-state index in [9.17, 15) is 8.42 Å². The lowest BCUT2D eigenvalue weighted by Crippen LogP contribution is -2.28. The van der Waals surface area contributed by atoms with Gasteiger partial charge in [-0.2, -0.15) is 4.31 Å². The molecule has 0 unspecified atom stereocenters. The molecule has 0 radical (unpaired) electrons. The maximum Gasteiger partial charge on any atom is 0.243 e. The van der Waals surface area contributed by atoms with Crippen molar-refractivity contribution in [3.8, 4) is 0 Å². The van der Waals surface area contributed by atoms with Gasteiger partial charge in [0.2, 0.25) is 10.0 Å². The van der Waals surface area contributed by atoms with Crippen LogP contribution in [-0.4, -0.2) is 25.8 Å². The average molecular weight is 289 g/mol. The maximum absolute atomic E-state index is 12.5. The molecule has 2 rings (SSSR count). The van der Waals surface area contributed by atoms with Crippen molar-refractivity contribution >= 4 is 21.6 Å². The topological polar surface area (TPSA) is 63.4 Å². The van der Waals surface area contributed by atoms with Crippen molar-refractivity contribution in [2.45, 2.75) is 31.2 Å². The van der Waals surface area contributed by atoms with Crippen molar-refractivity contribution in [2.75, 3.05) is 13.1 Å². The van der Waals surface area contributed by atoms with Crippen LogP contribution in [0.1, 0.15) is 24.0 Å². The first-order chi connectivity index (χ1) is 8.46. The predicted octanol–water partition coefficient (Wildman–Crippen LogP) is 1.89. The number of nitrogens with two attached hydrogens (primary N) is 1. The quantitative estimate of drug-likeness (QED) is 0.924. The van der Waals surface area contributed by atoms with Crippen LogP contribution in [0, 0.1) is 6.92 Å². The first-order valence-electron chi connectivity index (χ1n) is 5.96. The van der Waals surface area contributed by atoms with Crippen LogP contribution in [0.15, 0.2) is 17.0 Å². The van der Waals surface area contributed by atoms with Gasteiger partial charge in [0.25, 0.3) is 0 Å². The summed E-state index contributed by atoms with van der Waals surface area (Å²) >= 11 is 5.97. The summed E-state index contributed by atoms with van der Waals surface area (Å²) in [5.41, 5.74) is 7.10. The maximum atomic E-state index is 12.5. The number of benzene rings is 1. The molecule has 0 aliphatic carbocycles. The molecule has 1 aromatic rings. The van der Waals surface area contributed by atoms with Crippen LogP contribution in [-0.2, 0) is 16.6 Å². The lowest BCUT2D eigenvalue weighted by Gasteiger charge is -2.18. The molecule has 0 spiro atoms. The first kappa shape index (κ1) is 13.8. The summed E-state index contributed by atoms with van der Waals surface area (Å²) in [5.74, 6) is 0. The van der Waals surface area contributed by atoms with Crippen LogP contribution in [0.3, 0.4) is 0 Å². The van der Waals surface area contributed by atoms with E-state index in [1.54, 1.807) is 13.0 Å². The number of nitrogens with zero attached hydrogens (tertiary/aromatic N) is 1. The molecule has 1 aromatic carbocycles. The summed E-state index contributed by atoms with van der Waals surface area (Å²) in [4.78, 5) is 0.289. The predicted molar refractivity (Wildman–Crippen MR) is 72.1 cm³/mol. The SMILES string of the molecule is Cc1c(CN)cc(Cl)cc1S(=O)(=O)N1CCCC1. The second-order valence-electron chi connectivity index (χ2n) is 4.50. The van der Waals surface area contributed by atoms with Gasteiger partial charge in [-0.1, -0.05) is 11.6 Å². The van der Waals surface area contributed by atoms with E-state index < -0.39 is 10.0 Å². The van der Waals surface area contributed by atoms with E-state index in [1.165, 1.54) is 10.4 Å². The Kier molecular flexibility index (Phi) is 3.96. The molecular weight excluding hydrogens is 272 g/mol. The molecule has 1 aliphatic heterocycles. The fourth-order valence-electron chi connectivity index (χ4n) is 2.26. The minimum Gasteiger partial charge on any atom is -0.326 e. The lowest BCUT2D eigenvalue weighted by atomic mass is 10.1. The summed E-state index contributed by atoms with van der Waals surface area (Å²) in [7, 11) is -3.43. The van der Waals surface area contributed by atoms with Gasteiger partial charge in [0, 0.05) is 24.7 Å². The van der Waals surface area contributed by atoms with Crippen molar-refractivity contribution in [1.29, 1.82) is 0 Å². The van der Waals surface area contributed by atoms with Crippen LogP contribution < -0.4 is 5.73 Å². The van der Waals surface area contributed by atoms with Crippen LogP contribution in [0.2, 0.25) is 5.02 Å². The molecule has 0 bridgehead atoms. The first-order valence-corrected chi connectivity index (χ1v) is 7.78. The lowest BCUT2D eigenvalue weighted by molar-refractivity contribution is 0.477. The Morgan fingerprint density at radius 1 is 1.33 bits per heavy atom. The summed E-state index contributed by atoms with van der Waals surface area (Å²) in [6.07, 6.45) is 1.84. The highest BCUT2D eigenvalue weighted by atomic mass is 35.5. The minimum atomic E-state index is -3.43. The monoisotopic (exact) mass is 288 g/mol. The summed E-state index contributed by atoms with van der Waals surface area (Å²) in [6, 6.07) is 3.24. The number of hydrogen-bond donors (Lipinski definition) is 1. The summed E-state index contributed by atoms with van der Waals surface area (Å²) in [5, 5.41) is 0.416. The van der Waals surface area contributed by atoms with Crippen LogP contribution in [0.25, 0.3) is 0 Å². The zero-order chi connectivity index (χ0) is 13.3. The molecule has 1 aliphatic rings. The van der Waals surface area contributed by atoms with E-state index in [-0.39, 0.29) is 11.4 Å². The van der Waals surface area contributed by atoms with Crippen molar-refractivity contribution in [3.63, 3.8) is 0 Å². The Hall–Kier alpha value is -0.620. The van der Waals surface area contributed by atoms with Crippen molar-refractivity contribution < 1.29 is 8.42 Å². The van der Waals surface area contributed by atoms with Gasteiger partial charge >= 0.3 is 0 Å². The third-order valence-electron chi connectivity index (χ3n) is 3.34. The van der Waals surface area contributed by atoms with E-state index in [0.29, 0.717) is 23.7 Å². The van der Waals surface area contributed by atoms with Gasteiger partial charge in [-0.05, 0) is 43.0 Å². The molecule has 1 heterocycles. The normalized spacial score (nSPS) is 17.3. The second-order valence-corrected chi connectivity index (χ2v) is 6.85. The highest BCUT2D eigenvalue weighted by molar-refractivity contribution is 7.89. The van der Waals surface area contributed by atoms with E-state index in [2.05, 4.69) is 0 Å². The zero-order valence-corrected chi connectivity index (χ0v) is 11.9. The number of sulfonamides is 1. The molecule has 0 atom stereocenters. The van der Waals surface area contributed by atoms with E-state index in [0.717, 1.165) is 18.4 Å². The third kappa shape index (κ3) is 2.40. The zero-order valence-electron chi connectivity index (χ0n) is 10.3. The Labute approximate surface area is 113 Å². The van der Waals surface area contributed by atoms with Crippen LogP contribution >= 0.6 is 11.6 Å². The Morgan fingerprint density at radius 2 is 1.94 bits per heavy atom. The summed E-state index contributed by atoms with van der Waals surface area (Å²) in [6.45, 7) is 3.24. The highest BCUT2D eigenvalue weighted by Gasteiger charge is 2.29. The van der Waals surface area contributed by atoms with Crippen molar-refractivity contribution in [2.24, 2.45) is 5.73 Å². The molecule has 6 heteroatoms. The fourth-order valence-corrected chi connectivity index (χ4v) is 4.37. The summed E-state index contributed by atoms with van der Waals surface area (Å²) < 4.78 is 26.5. The Bertz CT molecular complexity index is 551. The number of rotatable bonds is 3. The van der Waals surface area contributed by atoms with Crippen molar-refractivity contribution in [3.05, 3.63) is 28.3 Å².